The number of rotatable bonds is 60. The number of nitrogens with zero attached hydrogens (tertiary/aromatic N) is 9. The van der Waals surface area contributed by atoms with Crippen molar-refractivity contribution in [3.8, 4) is 0 Å². The average molecular weight is 1490 g/mol. The van der Waals surface area contributed by atoms with Crippen LogP contribution < -0.4 is 16.0 Å². The van der Waals surface area contributed by atoms with Crippen molar-refractivity contribution >= 4 is 72.0 Å². The fraction of sp³-hybridized carbons (Fsp3) is 0.826. The molecule has 36 nitrogen and oxygen atoms in total. The van der Waals surface area contributed by atoms with Crippen LogP contribution in [-0.2, 0) is 100.0 Å². The highest BCUT2D eigenvalue weighted by atomic mass is 16.6. The van der Waals surface area contributed by atoms with Gasteiger partial charge in [-0.05, 0) is 6.42 Å². The van der Waals surface area contributed by atoms with Gasteiger partial charge in [-0.2, -0.15) is 0 Å². The number of unbranched alkanes of at least 4 members (excludes halogenated alkanes) is 1. The minimum absolute atomic E-state index is 0.0306. The van der Waals surface area contributed by atoms with E-state index in [0.717, 1.165) is 105 Å². The Morgan fingerprint density at radius 3 is 0.581 bits per heavy atom. The lowest BCUT2D eigenvalue weighted by Gasteiger charge is -2.32. The summed E-state index contributed by atoms with van der Waals surface area (Å²) >= 11 is 0. The van der Waals surface area contributed by atoms with Gasteiger partial charge in [-0.25, -0.2) is 14.4 Å². The number of alkyl carbamates (subject to hydrolysis) is 3. The number of carbonyl (C=O) groups is 12. The van der Waals surface area contributed by atoms with Crippen LogP contribution in [-0.4, -0.2) is 392 Å². The Morgan fingerprint density at radius 2 is 0.419 bits per heavy atom. The van der Waals surface area contributed by atoms with Crippen LogP contribution in [0, 0.1) is 16.2 Å². The van der Waals surface area contributed by atoms with Crippen molar-refractivity contribution in [1.82, 2.24) is 60.0 Å². The van der Waals surface area contributed by atoms with Crippen molar-refractivity contribution in [2.24, 2.45) is 16.2 Å². The number of esters is 9. The van der Waals surface area contributed by atoms with Crippen LogP contribution in [0.1, 0.15) is 77.6 Å². The highest BCUT2D eigenvalue weighted by molar-refractivity contribution is 5.74. The molecule has 8 saturated heterocycles. The second-order valence-electron chi connectivity index (χ2n) is 28.6. The maximum absolute atomic E-state index is 13.8. The molecule has 0 saturated carbocycles. The van der Waals surface area contributed by atoms with Gasteiger partial charge in [-0.3, -0.25) is 48.1 Å². The Morgan fingerprint density at radius 1 is 0.257 bits per heavy atom. The van der Waals surface area contributed by atoms with Gasteiger partial charge in [0, 0.05) is 203 Å². The zero-order valence-electron chi connectivity index (χ0n) is 61.3. The van der Waals surface area contributed by atoms with Crippen molar-refractivity contribution in [3.63, 3.8) is 0 Å². The molecular weight excluding hydrogens is 1380 g/mol. The smallest absolute Gasteiger partial charge is 0.407 e. The molecule has 0 aliphatic carbocycles. The molecule has 3 amide bonds. The van der Waals surface area contributed by atoms with Crippen molar-refractivity contribution in [3.05, 3.63) is 0 Å². The summed E-state index contributed by atoms with van der Waals surface area (Å²) < 4.78 is 68.7. The standard InChI is InChI=1S/C69H112N12O24/c1-2-3-4-55(82)94-43-67(44-95-56(83)5-16-73-27-28-73,45-96-57(84)6-17-74-29-30-74)52-103-64(91)70-13-24-81(25-14-71-65(92)104-53-68(46-97-58(85)7-18-75-31-32-75,47-98-59(86)8-19-76-33-34-76)48-99-60(87)9-20-77-35-36-77)26-15-72-66(93)105-54-69(49-100-61(88)10-21-78-37-38-78,50-101-62(89)11-22-79-39-40-79)51-102-63(90)12-23-80-41-42-80/h2-54H2,1H3,(H,70,91)(H,71,92)(H,72,93). The third-order valence-corrected chi connectivity index (χ3v) is 18.6. The van der Waals surface area contributed by atoms with Crippen molar-refractivity contribution in [1.29, 1.82) is 0 Å². The van der Waals surface area contributed by atoms with Crippen LogP contribution in [0.15, 0.2) is 0 Å². The van der Waals surface area contributed by atoms with Crippen LogP contribution in [0.25, 0.3) is 0 Å². The highest BCUT2D eigenvalue weighted by Gasteiger charge is 2.42. The Kier molecular flexibility index (Phi) is 35.0. The normalized spacial score (nSPS) is 17.1. The highest BCUT2D eigenvalue weighted by Crippen LogP contribution is 2.27. The van der Waals surface area contributed by atoms with Crippen LogP contribution in [0.3, 0.4) is 0 Å². The Balaban J connectivity index is 0.929. The molecule has 0 bridgehead atoms. The van der Waals surface area contributed by atoms with Gasteiger partial charge >= 0.3 is 72.0 Å². The van der Waals surface area contributed by atoms with E-state index < -0.39 is 168 Å². The predicted octanol–water partition coefficient (Wildman–Crippen LogP) is -1.85. The maximum Gasteiger partial charge on any atom is 0.407 e. The Hall–Kier alpha value is -7.32. The lowest BCUT2D eigenvalue weighted by molar-refractivity contribution is -0.168. The van der Waals surface area contributed by atoms with Gasteiger partial charge in [0.15, 0.2) is 0 Å². The van der Waals surface area contributed by atoms with E-state index in [1.165, 1.54) is 0 Å². The quantitative estimate of drug-likeness (QED) is 0.0342. The Bertz CT molecular complexity index is 2520. The first-order chi connectivity index (χ1) is 50.7. The number of hydrogen-bond donors (Lipinski definition) is 3. The van der Waals surface area contributed by atoms with Crippen LogP contribution in [0.4, 0.5) is 14.4 Å². The molecule has 8 aliphatic heterocycles. The molecule has 0 radical (unpaired) electrons. The minimum Gasteiger partial charge on any atom is -0.465 e. The summed E-state index contributed by atoms with van der Waals surface area (Å²) in [5, 5.41) is 8.07. The number of amides is 3. The molecule has 8 fully saturated rings. The van der Waals surface area contributed by atoms with E-state index in [2.05, 4.69) is 16.0 Å². The maximum atomic E-state index is 13.8. The third kappa shape index (κ3) is 38.2. The lowest BCUT2D eigenvalue weighted by atomic mass is 9.92. The summed E-state index contributed by atoms with van der Waals surface area (Å²) in [5.41, 5.74) is -4.59. The van der Waals surface area contributed by atoms with E-state index in [1.54, 1.807) is 4.90 Å². The van der Waals surface area contributed by atoms with E-state index in [0.29, 0.717) is 65.2 Å². The zero-order chi connectivity index (χ0) is 74.7. The predicted molar refractivity (Wildman–Crippen MR) is 368 cm³/mol. The summed E-state index contributed by atoms with van der Waals surface area (Å²) in [6.45, 7) is 13.5. The molecule has 105 heavy (non-hydrogen) atoms. The largest absolute Gasteiger partial charge is 0.465 e. The molecule has 0 spiro atoms. The van der Waals surface area contributed by atoms with E-state index in [-0.39, 0.29) is 97.1 Å². The van der Waals surface area contributed by atoms with E-state index in [1.807, 2.05) is 46.1 Å². The monoisotopic (exact) mass is 1490 g/mol. The summed E-state index contributed by atoms with van der Waals surface area (Å²) in [7, 11) is 0. The fourth-order valence-corrected chi connectivity index (χ4v) is 10.3. The Labute approximate surface area is 613 Å². The molecular formula is C69H112N12O24. The van der Waals surface area contributed by atoms with Crippen molar-refractivity contribution in [2.45, 2.75) is 77.6 Å². The van der Waals surface area contributed by atoms with E-state index in [9.17, 15) is 57.5 Å². The number of hydrogen-bond acceptors (Lipinski definition) is 33. The first-order valence-electron chi connectivity index (χ1n) is 37.3. The molecule has 36 heteroatoms. The molecule has 8 aliphatic rings. The molecule has 0 atom stereocenters. The van der Waals surface area contributed by atoms with Gasteiger partial charge in [0.25, 0.3) is 0 Å². The first kappa shape index (κ1) is 83.3. The fourth-order valence-electron chi connectivity index (χ4n) is 10.3. The second kappa shape index (κ2) is 44.1. The van der Waals surface area contributed by atoms with Gasteiger partial charge in [-0.15, -0.1) is 0 Å². The summed E-state index contributed by atoms with van der Waals surface area (Å²) in [5.74, 6) is -5.02. The van der Waals surface area contributed by atoms with E-state index >= 15 is 0 Å². The molecule has 0 unspecified atom stereocenters. The summed E-state index contributed by atoms with van der Waals surface area (Å²) in [6, 6.07) is 0. The minimum atomic E-state index is -1.53. The van der Waals surface area contributed by atoms with Gasteiger partial charge < -0.3 is 112 Å². The zero-order valence-corrected chi connectivity index (χ0v) is 61.3. The third-order valence-electron chi connectivity index (χ3n) is 18.6. The number of nitrogens with one attached hydrogen (secondary N) is 3. The first-order valence-corrected chi connectivity index (χ1v) is 37.3. The van der Waals surface area contributed by atoms with Crippen molar-refractivity contribution < 1.29 is 114 Å². The van der Waals surface area contributed by atoms with Gasteiger partial charge in [0.2, 0.25) is 0 Å². The van der Waals surface area contributed by atoms with Crippen LogP contribution in [0.5, 0.6) is 0 Å². The molecule has 3 N–H and O–H groups in total. The topological polar surface area (TPSA) is 379 Å². The van der Waals surface area contributed by atoms with Gasteiger partial charge in [0.05, 0.1) is 51.4 Å². The van der Waals surface area contributed by atoms with Crippen LogP contribution in [0.2, 0.25) is 0 Å². The molecule has 0 aromatic heterocycles. The number of ether oxygens (including phenoxy) is 12. The molecule has 8 rings (SSSR count). The summed E-state index contributed by atoms with van der Waals surface area (Å²) in [4.78, 5) is 177. The molecule has 592 valence electrons. The van der Waals surface area contributed by atoms with Crippen LogP contribution >= 0.6 is 0 Å². The van der Waals surface area contributed by atoms with Crippen molar-refractivity contribution in [2.75, 3.05) is 276 Å². The van der Waals surface area contributed by atoms with Gasteiger partial charge in [0.1, 0.15) is 95.5 Å². The molecule has 0 aromatic rings. The molecule has 0 aromatic carbocycles. The second-order valence-corrected chi connectivity index (χ2v) is 28.6. The summed E-state index contributed by atoms with van der Waals surface area (Å²) in [6.07, 6.45) is -1.02. The number of carbonyl (C=O) groups excluding carboxylic acids is 12. The molecule has 8 heterocycles. The van der Waals surface area contributed by atoms with Gasteiger partial charge in [-0.1, -0.05) is 13.3 Å². The average Bonchev–Trinajstić information content (AvgIpc) is 1.63. The van der Waals surface area contributed by atoms with E-state index in [4.69, 9.17) is 56.8 Å². The SMILES string of the molecule is CCCCC(=O)OCC(COC(=O)CCN1CC1)(COC(=O)CCN1CC1)COC(=O)NCCN(CCNC(=O)OCC(COC(=O)CCN1CC1)(COC(=O)CCN1CC1)COC(=O)CCN1CC1)CCNC(=O)OCC(COC(=O)CCN1CC1)(COC(=O)CCN1CC1)COC(=O)CCN1CC1. The lowest BCUT2D eigenvalue weighted by Crippen LogP contribution is -2.47.